The number of benzene rings is 2. The van der Waals surface area contributed by atoms with Crippen molar-refractivity contribution < 1.29 is 18.3 Å². The summed E-state index contributed by atoms with van der Waals surface area (Å²) in [5, 5.41) is 9.18. The van der Waals surface area contributed by atoms with E-state index >= 15 is 0 Å². The van der Waals surface area contributed by atoms with Crippen molar-refractivity contribution in [2.75, 3.05) is 4.72 Å². The van der Waals surface area contributed by atoms with Crippen molar-refractivity contribution in [1.29, 1.82) is 0 Å². The molecule has 0 aliphatic heterocycles. The van der Waals surface area contributed by atoms with Crippen LogP contribution in [0.25, 0.3) is 11.3 Å². The number of carboxylic acids is 1. The molecular weight excluding hydrogens is 364 g/mol. The van der Waals surface area contributed by atoms with Gasteiger partial charge in [0.25, 0.3) is 10.0 Å². The van der Waals surface area contributed by atoms with Crippen molar-refractivity contribution >= 4 is 21.7 Å². The molecular formula is C20H18N2O4S. The fourth-order valence-electron chi connectivity index (χ4n) is 2.56. The first kappa shape index (κ1) is 18.6. The lowest BCUT2D eigenvalue weighted by atomic mass is 10.1. The number of nitrogens with one attached hydrogen (secondary N) is 1. The molecule has 0 saturated heterocycles. The van der Waals surface area contributed by atoms with Crippen LogP contribution in [0, 0.1) is 13.8 Å². The lowest BCUT2D eigenvalue weighted by Crippen LogP contribution is -2.14. The SMILES string of the molecule is Cc1ccc(-c2ccc(NS(=O)(=O)c3ccc(C)c(C(=O)O)c3)cn2)cc1. The first-order chi connectivity index (χ1) is 12.8. The molecule has 0 radical (unpaired) electrons. The molecule has 0 fully saturated rings. The van der Waals surface area contributed by atoms with Crippen molar-refractivity contribution in [3.63, 3.8) is 0 Å². The van der Waals surface area contributed by atoms with E-state index in [0.717, 1.165) is 22.9 Å². The van der Waals surface area contributed by atoms with E-state index in [-0.39, 0.29) is 10.5 Å². The van der Waals surface area contributed by atoms with Gasteiger partial charge in [0.2, 0.25) is 0 Å². The van der Waals surface area contributed by atoms with Crippen LogP contribution < -0.4 is 4.72 Å². The van der Waals surface area contributed by atoms with Gasteiger partial charge in [-0.15, -0.1) is 0 Å². The topological polar surface area (TPSA) is 96.4 Å². The first-order valence-corrected chi connectivity index (χ1v) is 9.64. The molecule has 3 rings (SSSR count). The number of aromatic nitrogens is 1. The van der Waals surface area contributed by atoms with Crippen LogP contribution in [0.4, 0.5) is 5.69 Å². The molecule has 138 valence electrons. The number of hydrogen-bond donors (Lipinski definition) is 2. The highest BCUT2D eigenvalue weighted by molar-refractivity contribution is 7.92. The highest BCUT2D eigenvalue weighted by Gasteiger charge is 2.18. The van der Waals surface area contributed by atoms with Gasteiger partial charge < -0.3 is 5.11 Å². The summed E-state index contributed by atoms with van der Waals surface area (Å²) in [5.74, 6) is -1.17. The van der Waals surface area contributed by atoms with Crippen LogP contribution in [0.3, 0.4) is 0 Å². The molecule has 7 heteroatoms. The molecule has 2 N–H and O–H groups in total. The molecule has 0 atom stereocenters. The lowest BCUT2D eigenvalue weighted by molar-refractivity contribution is 0.0696. The van der Waals surface area contributed by atoms with Crippen LogP contribution in [0.2, 0.25) is 0 Å². The van der Waals surface area contributed by atoms with Crippen LogP contribution in [-0.2, 0) is 10.0 Å². The molecule has 1 aromatic heterocycles. The zero-order chi connectivity index (χ0) is 19.6. The highest BCUT2D eigenvalue weighted by atomic mass is 32.2. The van der Waals surface area contributed by atoms with E-state index in [2.05, 4.69) is 9.71 Å². The number of aromatic carboxylic acids is 1. The molecule has 0 saturated carbocycles. The number of aryl methyl sites for hydroxylation is 2. The summed E-state index contributed by atoms with van der Waals surface area (Å²) in [6, 6.07) is 15.2. The minimum Gasteiger partial charge on any atom is -0.478 e. The molecule has 6 nitrogen and oxygen atoms in total. The Bertz CT molecular complexity index is 1090. The lowest BCUT2D eigenvalue weighted by Gasteiger charge is -2.10. The monoisotopic (exact) mass is 382 g/mol. The predicted molar refractivity (Wildman–Crippen MR) is 103 cm³/mol. The maximum atomic E-state index is 12.5. The Morgan fingerprint density at radius 1 is 1.00 bits per heavy atom. The highest BCUT2D eigenvalue weighted by Crippen LogP contribution is 2.22. The van der Waals surface area contributed by atoms with Crippen LogP contribution in [-0.4, -0.2) is 24.5 Å². The maximum absolute atomic E-state index is 12.5. The van der Waals surface area contributed by atoms with Gasteiger partial charge in [-0.2, -0.15) is 0 Å². The number of nitrogens with zero attached hydrogens (tertiary/aromatic N) is 1. The minimum atomic E-state index is -3.92. The Kier molecular flexibility index (Phi) is 4.96. The third-order valence-corrected chi connectivity index (χ3v) is 5.49. The Balaban J connectivity index is 1.85. The summed E-state index contributed by atoms with van der Waals surface area (Å²) in [6.45, 7) is 3.61. The van der Waals surface area contributed by atoms with Crippen molar-refractivity contribution in [2.24, 2.45) is 0 Å². The van der Waals surface area contributed by atoms with E-state index < -0.39 is 16.0 Å². The number of carboxylic acid groups (broad SMARTS) is 1. The second-order valence-corrected chi connectivity index (χ2v) is 7.87. The number of carbonyl (C=O) groups is 1. The number of sulfonamides is 1. The molecule has 0 unspecified atom stereocenters. The molecule has 0 amide bonds. The first-order valence-electron chi connectivity index (χ1n) is 8.16. The van der Waals surface area contributed by atoms with Crippen molar-refractivity contribution in [2.45, 2.75) is 18.7 Å². The zero-order valence-electron chi connectivity index (χ0n) is 14.8. The van der Waals surface area contributed by atoms with Crippen molar-refractivity contribution in [1.82, 2.24) is 4.98 Å². The van der Waals surface area contributed by atoms with Gasteiger partial charge in [0, 0.05) is 5.56 Å². The van der Waals surface area contributed by atoms with Crippen LogP contribution in [0.5, 0.6) is 0 Å². The fraction of sp³-hybridized carbons (Fsp3) is 0.100. The Labute approximate surface area is 157 Å². The van der Waals surface area contributed by atoms with E-state index in [1.54, 1.807) is 19.1 Å². The molecule has 1 heterocycles. The third-order valence-electron chi connectivity index (χ3n) is 4.11. The van der Waals surface area contributed by atoms with Gasteiger partial charge in [-0.1, -0.05) is 35.9 Å². The summed E-state index contributed by atoms with van der Waals surface area (Å²) in [7, 11) is -3.92. The zero-order valence-corrected chi connectivity index (χ0v) is 15.6. The number of hydrogen-bond acceptors (Lipinski definition) is 4. The number of anilines is 1. The Morgan fingerprint density at radius 3 is 2.30 bits per heavy atom. The Hall–Kier alpha value is -3.19. The average Bonchev–Trinajstić information content (AvgIpc) is 2.63. The van der Waals surface area contributed by atoms with E-state index in [1.807, 2.05) is 31.2 Å². The van der Waals surface area contributed by atoms with Gasteiger partial charge in [-0.05, 0) is 43.7 Å². The van der Waals surface area contributed by atoms with Gasteiger partial charge in [0.05, 0.1) is 28.0 Å². The number of pyridine rings is 1. The van der Waals surface area contributed by atoms with E-state index in [0.29, 0.717) is 11.3 Å². The summed E-state index contributed by atoms with van der Waals surface area (Å²) in [5.41, 5.74) is 3.53. The standard InChI is InChI=1S/C20H18N2O4S/c1-13-3-6-15(7-4-13)19-10-8-16(12-21-19)22-27(25,26)17-9-5-14(2)18(11-17)20(23)24/h3-12,22H,1-2H3,(H,23,24). The van der Waals surface area contributed by atoms with Crippen molar-refractivity contribution in [3.8, 4) is 11.3 Å². The molecule has 0 bridgehead atoms. The van der Waals surface area contributed by atoms with Gasteiger partial charge in [0.15, 0.2) is 0 Å². The van der Waals surface area contributed by atoms with Gasteiger partial charge in [0.1, 0.15) is 0 Å². The van der Waals surface area contributed by atoms with Crippen LogP contribution >= 0.6 is 0 Å². The van der Waals surface area contributed by atoms with E-state index in [9.17, 15) is 18.3 Å². The van der Waals surface area contributed by atoms with Crippen LogP contribution in [0.1, 0.15) is 21.5 Å². The molecule has 3 aromatic rings. The number of rotatable bonds is 5. The van der Waals surface area contributed by atoms with E-state index in [1.165, 1.54) is 18.3 Å². The normalized spacial score (nSPS) is 11.2. The van der Waals surface area contributed by atoms with Crippen LogP contribution in [0.15, 0.2) is 65.7 Å². The maximum Gasteiger partial charge on any atom is 0.335 e. The molecule has 0 aliphatic rings. The summed E-state index contributed by atoms with van der Waals surface area (Å²) < 4.78 is 27.5. The summed E-state index contributed by atoms with van der Waals surface area (Å²) >= 11 is 0. The summed E-state index contributed by atoms with van der Waals surface area (Å²) in [6.07, 6.45) is 1.43. The Morgan fingerprint density at radius 2 is 1.70 bits per heavy atom. The second-order valence-electron chi connectivity index (χ2n) is 6.19. The summed E-state index contributed by atoms with van der Waals surface area (Å²) in [4.78, 5) is 15.4. The molecule has 0 aliphatic carbocycles. The van der Waals surface area contributed by atoms with Gasteiger partial charge in [-0.3, -0.25) is 9.71 Å². The largest absolute Gasteiger partial charge is 0.478 e. The van der Waals surface area contributed by atoms with Gasteiger partial charge in [-0.25, -0.2) is 13.2 Å². The van der Waals surface area contributed by atoms with Crippen molar-refractivity contribution in [3.05, 3.63) is 77.5 Å². The average molecular weight is 382 g/mol. The molecule has 2 aromatic carbocycles. The quantitative estimate of drug-likeness (QED) is 0.698. The van der Waals surface area contributed by atoms with E-state index in [4.69, 9.17) is 0 Å². The van der Waals surface area contributed by atoms with Gasteiger partial charge >= 0.3 is 5.97 Å². The second kappa shape index (κ2) is 7.20. The fourth-order valence-corrected chi connectivity index (χ4v) is 3.63. The minimum absolute atomic E-state index is 0.0503. The smallest absolute Gasteiger partial charge is 0.335 e. The molecule has 27 heavy (non-hydrogen) atoms. The molecule has 0 spiro atoms. The predicted octanol–water partition coefficient (Wildman–Crippen LogP) is 3.86. The third kappa shape index (κ3) is 4.15.